The third kappa shape index (κ3) is 3.45. The van der Waals surface area contributed by atoms with Crippen molar-refractivity contribution in [3.63, 3.8) is 0 Å². The summed E-state index contributed by atoms with van der Waals surface area (Å²) in [5.74, 6) is 0.462. The summed E-state index contributed by atoms with van der Waals surface area (Å²) in [6, 6.07) is 7.15. The second kappa shape index (κ2) is 6.17. The number of hydrogen-bond donors (Lipinski definition) is 1. The van der Waals surface area contributed by atoms with E-state index in [9.17, 15) is 8.42 Å². The molecule has 1 aromatic heterocycles. The van der Waals surface area contributed by atoms with E-state index in [1.165, 1.54) is 0 Å². The van der Waals surface area contributed by atoms with Gasteiger partial charge in [-0.25, -0.2) is 8.42 Å². The molecule has 0 fully saturated rings. The van der Waals surface area contributed by atoms with E-state index >= 15 is 0 Å². The van der Waals surface area contributed by atoms with Crippen molar-refractivity contribution in [2.45, 2.75) is 37.5 Å². The lowest BCUT2D eigenvalue weighted by Gasteiger charge is -2.11. The molecule has 1 unspecified atom stereocenters. The Bertz CT molecular complexity index is 634. The predicted molar refractivity (Wildman–Crippen MR) is 77.3 cm³/mol. The first-order valence-corrected chi connectivity index (χ1v) is 8.35. The number of sulfone groups is 1. The number of nitrogens with one attached hydrogen (secondary N) is 1. The van der Waals surface area contributed by atoms with Crippen molar-refractivity contribution in [1.29, 1.82) is 0 Å². The van der Waals surface area contributed by atoms with E-state index in [2.05, 4.69) is 22.3 Å². The Hall–Kier alpha value is -1.69. The largest absolute Gasteiger partial charge is 0.224 e. The molecule has 20 heavy (non-hydrogen) atoms. The molecule has 0 saturated heterocycles. The highest BCUT2D eigenvalue weighted by Gasteiger charge is 2.14. The fraction of sp³-hybridized carbons (Fsp3) is 0.429. The molecule has 5 nitrogen and oxygen atoms in total. The summed E-state index contributed by atoms with van der Waals surface area (Å²) in [6.45, 7) is 3.95. The molecule has 0 aliphatic rings. The summed E-state index contributed by atoms with van der Waals surface area (Å²) in [5, 5.41) is 10.4. The van der Waals surface area contributed by atoms with E-state index in [4.69, 9.17) is 0 Å². The van der Waals surface area contributed by atoms with Gasteiger partial charge in [0.25, 0.3) is 0 Å². The molecule has 0 aliphatic carbocycles. The van der Waals surface area contributed by atoms with Gasteiger partial charge < -0.3 is 0 Å². The van der Waals surface area contributed by atoms with Crippen molar-refractivity contribution in [3.8, 4) is 0 Å². The molecule has 1 N–H and O–H groups in total. The van der Waals surface area contributed by atoms with E-state index in [1.54, 1.807) is 18.3 Å². The summed E-state index contributed by atoms with van der Waals surface area (Å²) >= 11 is 0. The van der Waals surface area contributed by atoms with E-state index in [-0.39, 0.29) is 11.7 Å². The van der Waals surface area contributed by atoms with Gasteiger partial charge in [-0.3, -0.25) is 0 Å². The Morgan fingerprint density at radius 2 is 1.95 bits per heavy atom. The van der Waals surface area contributed by atoms with Crippen LogP contribution in [0.15, 0.2) is 35.4 Å². The molecule has 1 aromatic carbocycles. The topological polar surface area (TPSA) is 75.7 Å². The molecule has 108 valence electrons. The zero-order valence-corrected chi connectivity index (χ0v) is 12.5. The summed E-state index contributed by atoms with van der Waals surface area (Å²) in [7, 11) is -3.13. The Kier molecular flexibility index (Phi) is 4.54. The lowest BCUT2D eigenvalue weighted by atomic mass is 9.97. The predicted octanol–water partition coefficient (Wildman–Crippen LogP) is 2.33. The summed E-state index contributed by atoms with van der Waals surface area (Å²) < 4.78 is 23.9. The van der Waals surface area contributed by atoms with Crippen molar-refractivity contribution in [2.24, 2.45) is 0 Å². The lowest BCUT2D eigenvalue weighted by molar-refractivity contribution is 0.594. The Morgan fingerprint density at radius 1 is 1.25 bits per heavy atom. The van der Waals surface area contributed by atoms with Gasteiger partial charge in [-0.15, -0.1) is 0 Å². The highest BCUT2D eigenvalue weighted by atomic mass is 32.2. The molecule has 0 spiro atoms. The van der Waals surface area contributed by atoms with Crippen LogP contribution < -0.4 is 0 Å². The molecule has 1 heterocycles. The lowest BCUT2D eigenvalue weighted by Crippen LogP contribution is -2.06. The molecule has 2 rings (SSSR count). The van der Waals surface area contributed by atoms with Crippen LogP contribution in [0.1, 0.15) is 37.4 Å². The Balaban J connectivity index is 2.12. The summed E-state index contributed by atoms with van der Waals surface area (Å²) in [6.07, 6.45) is 3.11. The van der Waals surface area contributed by atoms with Crippen LogP contribution >= 0.6 is 0 Å². The molecular formula is C14H19N3O2S. The highest BCUT2D eigenvalue weighted by molar-refractivity contribution is 7.91. The summed E-state index contributed by atoms with van der Waals surface area (Å²) in [5.41, 5.74) is 2.00. The van der Waals surface area contributed by atoms with Crippen LogP contribution in [0.3, 0.4) is 0 Å². The molecule has 0 aliphatic heterocycles. The number of aromatic nitrogens is 3. The monoisotopic (exact) mass is 293 g/mol. The second-order valence-corrected chi connectivity index (χ2v) is 7.06. The molecule has 0 bridgehead atoms. The van der Waals surface area contributed by atoms with Crippen LogP contribution in [-0.4, -0.2) is 29.6 Å². The van der Waals surface area contributed by atoms with E-state index in [1.807, 2.05) is 19.1 Å². The van der Waals surface area contributed by atoms with Gasteiger partial charge in [-0.1, -0.05) is 26.0 Å². The van der Waals surface area contributed by atoms with Gasteiger partial charge in [-0.2, -0.15) is 15.4 Å². The third-order valence-corrected chi connectivity index (χ3v) is 5.20. The maximum atomic E-state index is 11.9. The zero-order valence-electron chi connectivity index (χ0n) is 11.7. The van der Waals surface area contributed by atoms with Crippen molar-refractivity contribution >= 4 is 9.84 Å². The number of nitrogens with zero attached hydrogens (tertiary/aromatic N) is 2. The van der Waals surface area contributed by atoms with Crippen molar-refractivity contribution in [1.82, 2.24) is 15.4 Å². The van der Waals surface area contributed by atoms with Crippen LogP contribution in [0.4, 0.5) is 0 Å². The number of aromatic amines is 1. The number of hydrogen-bond acceptors (Lipinski definition) is 4. The molecule has 2 aromatic rings. The van der Waals surface area contributed by atoms with Crippen molar-refractivity contribution < 1.29 is 8.42 Å². The maximum absolute atomic E-state index is 11.9. The zero-order chi connectivity index (χ0) is 14.6. The smallest absolute Gasteiger partial charge is 0.178 e. The van der Waals surface area contributed by atoms with Gasteiger partial charge in [0.2, 0.25) is 0 Å². The molecule has 0 amide bonds. The molecule has 1 atom stereocenters. The SMILES string of the molecule is CCCS(=O)(=O)c1ccc(C(C)Cc2cn[nH]n2)cc1. The van der Waals surface area contributed by atoms with Crippen molar-refractivity contribution in [3.05, 3.63) is 41.7 Å². The van der Waals surface area contributed by atoms with Crippen LogP contribution in [0, 0.1) is 0 Å². The van der Waals surface area contributed by atoms with Gasteiger partial charge >= 0.3 is 0 Å². The molecule has 0 saturated carbocycles. The third-order valence-electron chi connectivity index (χ3n) is 3.26. The fourth-order valence-electron chi connectivity index (χ4n) is 2.15. The molecule has 6 heteroatoms. The van der Waals surface area contributed by atoms with Crippen LogP contribution in [-0.2, 0) is 16.3 Å². The van der Waals surface area contributed by atoms with Crippen LogP contribution in [0.5, 0.6) is 0 Å². The fourth-order valence-corrected chi connectivity index (χ4v) is 3.47. The quantitative estimate of drug-likeness (QED) is 0.887. The first-order valence-electron chi connectivity index (χ1n) is 6.70. The standard InChI is InChI=1S/C14H19N3O2S/c1-3-8-20(18,19)14-6-4-12(5-7-14)11(2)9-13-10-15-17-16-13/h4-7,10-11H,3,8-9H2,1-2H3,(H,15,16,17). The van der Waals surface area contributed by atoms with Gasteiger partial charge in [0.05, 0.1) is 22.5 Å². The van der Waals surface area contributed by atoms with Crippen LogP contribution in [0.2, 0.25) is 0 Å². The maximum Gasteiger partial charge on any atom is 0.178 e. The van der Waals surface area contributed by atoms with Gasteiger partial charge in [0.1, 0.15) is 0 Å². The Labute approximate surface area is 119 Å². The molecular weight excluding hydrogens is 274 g/mol. The minimum Gasteiger partial charge on any atom is -0.224 e. The minimum atomic E-state index is -3.13. The average Bonchev–Trinajstić information content (AvgIpc) is 2.91. The van der Waals surface area contributed by atoms with E-state index in [0.29, 0.717) is 11.3 Å². The number of benzene rings is 1. The highest BCUT2D eigenvalue weighted by Crippen LogP contribution is 2.21. The van der Waals surface area contributed by atoms with E-state index < -0.39 is 9.84 Å². The minimum absolute atomic E-state index is 0.195. The normalized spacial score (nSPS) is 13.3. The summed E-state index contributed by atoms with van der Waals surface area (Å²) in [4.78, 5) is 0.400. The first-order chi connectivity index (χ1) is 9.53. The first kappa shape index (κ1) is 14.7. The van der Waals surface area contributed by atoms with Gasteiger partial charge in [-0.05, 0) is 36.5 Å². The van der Waals surface area contributed by atoms with Crippen molar-refractivity contribution in [2.75, 3.05) is 5.75 Å². The number of H-pyrrole nitrogens is 1. The van der Waals surface area contributed by atoms with Crippen LogP contribution in [0.25, 0.3) is 0 Å². The molecule has 0 radical (unpaired) electrons. The van der Waals surface area contributed by atoms with Gasteiger partial charge in [0, 0.05) is 0 Å². The van der Waals surface area contributed by atoms with Gasteiger partial charge in [0.15, 0.2) is 9.84 Å². The van der Waals surface area contributed by atoms with E-state index in [0.717, 1.165) is 17.7 Å². The average molecular weight is 293 g/mol. The Morgan fingerprint density at radius 3 is 2.50 bits per heavy atom. The number of rotatable bonds is 6. The second-order valence-electron chi connectivity index (χ2n) is 4.95.